The summed E-state index contributed by atoms with van der Waals surface area (Å²) < 4.78 is 1.14. The summed E-state index contributed by atoms with van der Waals surface area (Å²) >= 11 is 5.41. The summed E-state index contributed by atoms with van der Waals surface area (Å²) in [5.41, 5.74) is 2.64. The Labute approximate surface area is 128 Å². The molecule has 2 aromatic rings. The molecule has 0 bridgehead atoms. The Bertz CT molecular complexity index is 560. The quantitative estimate of drug-likeness (QED) is 0.787. The van der Waals surface area contributed by atoms with Gasteiger partial charge in [0.05, 0.1) is 0 Å². The van der Waals surface area contributed by atoms with Crippen molar-refractivity contribution in [3.05, 3.63) is 45.2 Å². The molecule has 102 valence electrons. The molecule has 3 heteroatoms. The minimum absolute atomic E-state index is 0.439. The lowest BCUT2D eigenvalue weighted by atomic mass is 10.0. The summed E-state index contributed by atoms with van der Waals surface area (Å²) in [5.74, 6) is 0.600. The van der Waals surface area contributed by atoms with Gasteiger partial charge >= 0.3 is 0 Å². The molecule has 1 N–H and O–H groups in total. The van der Waals surface area contributed by atoms with Crippen LogP contribution in [-0.4, -0.2) is 7.05 Å². The van der Waals surface area contributed by atoms with Crippen LogP contribution in [0.5, 0.6) is 0 Å². The zero-order valence-electron chi connectivity index (χ0n) is 11.8. The molecule has 0 aliphatic heterocycles. The second-order valence-corrected chi connectivity index (χ2v) is 7.20. The number of thiophene rings is 1. The first-order chi connectivity index (χ1) is 9.02. The summed E-state index contributed by atoms with van der Waals surface area (Å²) in [6, 6.07) is 11.4. The van der Waals surface area contributed by atoms with Gasteiger partial charge in [-0.1, -0.05) is 35.8 Å². The van der Waals surface area contributed by atoms with Crippen molar-refractivity contribution in [1.82, 2.24) is 5.32 Å². The fourth-order valence-electron chi connectivity index (χ4n) is 2.37. The summed E-state index contributed by atoms with van der Waals surface area (Å²) in [7, 11) is 2.04. The minimum atomic E-state index is 0.439. The van der Waals surface area contributed by atoms with Crippen molar-refractivity contribution in [2.24, 2.45) is 5.92 Å². The number of rotatable bonds is 4. The van der Waals surface area contributed by atoms with Gasteiger partial charge in [0.2, 0.25) is 0 Å². The zero-order valence-corrected chi connectivity index (χ0v) is 14.2. The molecule has 0 radical (unpaired) electrons. The normalized spacial score (nSPS) is 12.9. The third-order valence-electron chi connectivity index (χ3n) is 3.36. The van der Waals surface area contributed by atoms with E-state index in [2.05, 4.69) is 72.3 Å². The fraction of sp³-hybridized carbons (Fsp3) is 0.375. The lowest BCUT2D eigenvalue weighted by molar-refractivity contribution is 0.449. The van der Waals surface area contributed by atoms with Gasteiger partial charge in [0.25, 0.3) is 0 Å². The standard InChI is InChI=1S/C16H20BrNS/c1-10(2)16(18-4)15-8-7-14(19-15)13-6-5-12(17)9-11(13)3/h5-10,16,18H,1-4H3. The van der Waals surface area contributed by atoms with Crippen LogP contribution in [0.3, 0.4) is 0 Å². The van der Waals surface area contributed by atoms with Gasteiger partial charge in [0, 0.05) is 20.3 Å². The number of nitrogens with one attached hydrogen (secondary N) is 1. The van der Waals surface area contributed by atoms with E-state index in [1.165, 1.54) is 20.9 Å². The molecule has 1 aromatic carbocycles. The van der Waals surface area contributed by atoms with E-state index in [0.29, 0.717) is 12.0 Å². The van der Waals surface area contributed by atoms with Gasteiger partial charge in [-0.15, -0.1) is 11.3 Å². The SMILES string of the molecule is CNC(c1ccc(-c2ccc(Br)cc2C)s1)C(C)C. The molecule has 1 nitrogen and oxygen atoms in total. The summed E-state index contributed by atoms with van der Waals surface area (Å²) in [5, 5.41) is 3.41. The van der Waals surface area contributed by atoms with E-state index in [1.807, 2.05) is 18.4 Å². The van der Waals surface area contributed by atoms with Crippen molar-refractivity contribution in [3.63, 3.8) is 0 Å². The monoisotopic (exact) mass is 337 g/mol. The molecular formula is C16H20BrNS. The Morgan fingerprint density at radius 3 is 2.47 bits per heavy atom. The molecule has 0 fully saturated rings. The molecule has 0 amide bonds. The van der Waals surface area contributed by atoms with Crippen LogP contribution in [0.15, 0.2) is 34.8 Å². The molecule has 1 unspecified atom stereocenters. The Balaban J connectivity index is 2.35. The summed E-state index contributed by atoms with van der Waals surface area (Å²) in [6.07, 6.45) is 0. The maximum atomic E-state index is 3.52. The molecule has 0 aliphatic carbocycles. The molecule has 1 atom stereocenters. The largest absolute Gasteiger partial charge is 0.312 e. The Hall–Kier alpha value is -0.640. The van der Waals surface area contributed by atoms with E-state index < -0.39 is 0 Å². The average molecular weight is 338 g/mol. The van der Waals surface area contributed by atoms with E-state index in [1.54, 1.807) is 0 Å². The zero-order chi connectivity index (χ0) is 14.0. The predicted octanol–water partition coefficient (Wildman–Crippen LogP) is 5.40. The molecule has 0 saturated heterocycles. The smallest absolute Gasteiger partial charge is 0.0435 e. The van der Waals surface area contributed by atoms with Gasteiger partial charge in [-0.2, -0.15) is 0 Å². The molecule has 0 spiro atoms. The molecule has 1 aromatic heterocycles. The van der Waals surface area contributed by atoms with Gasteiger partial charge < -0.3 is 5.32 Å². The summed E-state index contributed by atoms with van der Waals surface area (Å²) in [6.45, 7) is 6.67. The highest BCUT2D eigenvalue weighted by Crippen LogP contribution is 2.36. The van der Waals surface area contributed by atoms with Gasteiger partial charge in [0.15, 0.2) is 0 Å². The highest BCUT2D eigenvalue weighted by molar-refractivity contribution is 9.10. The predicted molar refractivity (Wildman–Crippen MR) is 88.8 cm³/mol. The second kappa shape index (κ2) is 6.21. The molecule has 0 saturated carbocycles. The van der Waals surface area contributed by atoms with Crippen molar-refractivity contribution in [3.8, 4) is 10.4 Å². The number of halogens is 1. The van der Waals surface area contributed by atoms with Crippen LogP contribution in [0.1, 0.15) is 30.3 Å². The van der Waals surface area contributed by atoms with E-state index in [9.17, 15) is 0 Å². The van der Waals surface area contributed by atoms with Gasteiger partial charge in [0.1, 0.15) is 0 Å². The first kappa shape index (κ1) is 14.8. The highest BCUT2D eigenvalue weighted by atomic mass is 79.9. The first-order valence-corrected chi connectivity index (χ1v) is 8.17. The Morgan fingerprint density at radius 2 is 1.89 bits per heavy atom. The lowest BCUT2D eigenvalue weighted by Gasteiger charge is -2.18. The molecule has 19 heavy (non-hydrogen) atoms. The lowest BCUT2D eigenvalue weighted by Crippen LogP contribution is -2.20. The van der Waals surface area contributed by atoms with Crippen molar-refractivity contribution < 1.29 is 0 Å². The van der Waals surface area contributed by atoms with Crippen molar-refractivity contribution in [2.45, 2.75) is 26.8 Å². The van der Waals surface area contributed by atoms with E-state index >= 15 is 0 Å². The Kier molecular flexibility index (Phi) is 4.82. The minimum Gasteiger partial charge on any atom is -0.312 e. The third-order valence-corrected chi connectivity index (χ3v) is 5.06. The third kappa shape index (κ3) is 3.28. The molecule has 2 rings (SSSR count). The van der Waals surface area contributed by atoms with E-state index in [-0.39, 0.29) is 0 Å². The van der Waals surface area contributed by atoms with Crippen LogP contribution in [0.4, 0.5) is 0 Å². The number of hydrogen-bond donors (Lipinski definition) is 1. The Morgan fingerprint density at radius 1 is 1.16 bits per heavy atom. The van der Waals surface area contributed by atoms with Crippen LogP contribution >= 0.6 is 27.3 Å². The molecular weight excluding hydrogens is 318 g/mol. The van der Waals surface area contributed by atoms with Crippen molar-refractivity contribution in [2.75, 3.05) is 7.05 Å². The second-order valence-electron chi connectivity index (χ2n) is 5.17. The maximum Gasteiger partial charge on any atom is 0.0435 e. The van der Waals surface area contributed by atoms with E-state index in [0.717, 1.165) is 4.47 Å². The van der Waals surface area contributed by atoms with Crippen LogP contribution < -0.4 is 5.32 Å². The van der Waals surface area contributed by atoms with Crippen molar-refractivity contribution >= 4 is 27.3 Å². The van der Waals surface area contributed by atoms with Crippen LogP contribution in [0, 0.1) is 12.8 Å². The topological polar surface area (TPSA) is 12.0 Å². The van der Waals surface area contributed by atoms with Crippen LogP contribution in [0.25, 0.3) is 10.4 Å². The van der Waals surface area contributed by atoms with Gasteiger partial charge in [-0.3, -0.25) is 0 Å². The van der Waals surface area contributed by atoms with Crippen LogP contribution in [-0.2, 0) is 0 Å². The fourth-order valence-corrected chi connectivity index (χ4v) is 4.23. The number of hydrogen-bond acceptors (Lipinski definition) is 2. The number of aryl methyl sites for hydroxylation is 1. The highest BCUT2D eigenvalue weighted by Gasteiger charge is 2.16. The molecule has 1 heterocycles. The maximum absolute atomic E-state index is 3.52. The molecule has 0 aliphatic rings. The number of benzene rings is 1. The van der Waals surface area contributed by atoms with Crippen molar-refractivity contribution in [1.29, 1.82) is 0 Å². The van der Waals surface area contributed by atoms with Crippen LogP contribution in [0.2, 0.25) is 0 Å². The van der Waals surface area contributed by atoms with E-state index in [4.69, 9.17) is 0 Å². The van der Waals surface area contributed by atoms with Gasteiger partial charge in [-0.25, -0.2) is 0 Å². The average Bonchev–Trinajstić information content (AvgIpc) is 2.78. The summed E-state index contributed by atoms with van der Waals surface area (Å²) in [4.78, 5) is 2.76. The first-order valence-electron chi connectivity index (χ1n) is 6.56. The van der Waals surface area contributed by atoms with Gasteiger partial charge in [-0.05, 0) is 55.3 Å².